The molecule has 0 unspecified atom stereocenters. The van der Waals surface area contributed by atoms with Crippen LogP contribution in [0.25, 0.3) is 0 Å². The van der Waals surface area contributed by atoms with Crippen molar-refractivity contribution in [3.63, 3.8) is 0 Å². The maximum Gasteiger partial charge on any atom is 0.149 e. The van der Waals surface area contributed by atoms with E-state index in [0.29, 0.717) is 11.5 Å². The van der Waals surface area contributed by atoms with Crippen LogP contribution in [-0.2, 0) is 0 Å². The molecule has 0 aromatic heterocycles. The molecule has 0 saturated heterocycles. The maximum absolute atomic E-state index is 13.1. The van der Waals surface area contributed by atoms with Gasteiger partial charge in [-0.1, -0.05) is 0 Å². The number of hydrogen-bond acceptors (Lipinski definition) is 2. The molecule has 0 fully saturated rings. The first-order valence-corrected chi connectivity index (χ1v) is 4.63. The maximum atomic E-state index is 13.1. The van der Waals surface area contributed by atoms with Crippen LogP contribution in [0, 0.1) is 11.6 Å². The van der Waals surface area contributed by atoms with Gasteiger partial charge in [0.1, 0.15) is 23.1 Å². The zero-order valence-electron chi connectivity index (χ0n) is 8.28. The van der Waals surface area contributed by atoms with Crippen molar-refractivity contribution in [3.8, 4) is 11.5 Å². The van der Waals surface area contributed by atoms with Crippen LogP contribution in [0.3, 0.4) is 0 Å². The molecule has 82 valence electrons. The highest BCUT2D eigenvalue weighted by molar-refractivity contribution is 5.44. The van der Waals surface area contributed by atoms with Crippen LogP contribution in [0.15, 0.2) is 42.5 Å². The van der Waals surface area contributed by atoms with E-state index in [1.165, 1.54) is 36.4 Å². The number of benzene rings is 2. The molecule has 0 radical (unpaired) electrons. The fourth-order valence-corrected chi connectivity index (χ4v) is 1.21. The monoisotopic (exact) mass is 221 g/mol. The van der Waals surface area contributed by atoms with Crippen molar-refractivity contribution in [3.05, 3.63) is 54.1 Å². The smallest absolute Gasteiger partial charge is 0.149 e. The zero-order valence-corrected chi connectivity index (χ0v) is 8.28. The number of rotatable bonds is 2. The molecule has 0 aliphatic carbocycles. The molecule has 16 heavy (non-hydrogen) atoms. The van der Waals surface area contributed by atoms with Crippen LogP contribution >= 0.6 is 0 Å². The fourth-order valence-electron chi connectivity index (χ4n) is 1.21. The summed E-state index contributed by atoms with van der Waals surface area (Å²) in [7, 11) is 0. The molecule has 0 amide bonds. The molecule has 0 aliphatic heterocycles. The van der Waals surface area contributed by atoms with E-state index in [2.05, 4.69) is 0 Å². The van der Waals surface area contributed by atoms with Gasteiger partial charge in [-0.3, -0.25) is 0 Å². The first-order valence-electron chi connectivity index (χ1n) is 4.63. The lowest BCUT2D eigenvalue weighted by Crippen LogP contribution is -1.91. The van der Waals surface area contributed by atoms with Crippen molar-refractivity contribution in [2.24, 2.45) is 0 Å². The minimum atomic E-state index is -0.542. The van der Waals surface area contributed by atoms with Crippen molar-refractivity contribution in [1.82, 2.24) is 0 Å². The van der Waals surface area contributed by atoms with Crippen LogP contribution in [0.5, 0.6) is 11.5 Å². The standard InChI is InChI=1S/C12H9F2NO/c13-8-1-3-9(4-2-8)16-10-5-6-12(15)11(14)7-10/h1-7H,15H2. The lowest BCUT2D eigenvalue weighted by atomic mass is 10.3. The summed E-state index contributed by atoms with van der Waals surface area (Å²) in [6, 6.07) is 9.59. The average Bonchev–Trinajstić information content (AvgIpc) is 2.27. The third-order valence-electron chi connectivity index (χ3n) is 2.02. The molecule has 0 bridgehead atoms. The first kappa shape index (κ1) is 10.4. The van der Waals surface area contributed by atoms with Gasteiger partial charge in [0, 0.05) is 6.07 Å². The van der Waals surface area contributed by atoms with E-state index >= 15 is 0 Å². The molecule has 2 N–H and O–H groups in total. The topological polar surface area (TPSA) is 35.2 Å². The third kappa shape index (κ3) is 2.28. The molecule has 2 aromatic rings. The minimum Gasteiger partial charge on any atom is -0.457 e. The average molecular weight is 221 g/mol. The summed E-state index contributed by atoms with van der Waals surface area (Å²) in [5.74, 6) is -0.140. The Balaban J connectivity index is 2.20. The highest BCUT2D eigenvalue weighted by Crippen LogP contribution is 2.24. The van der Waals surface area contributed by atoms with Gasteiger partial charge in [-0.25, -0.2) is 8.78 Å². The van der Waals surface area contributed by atoms with Crippen molar-refractivity contribution in [2.75, 3.05) is 5.73 Å². The fraction of sp³-hybridized carbons (Fsp3) is 0. The lowest BCUT2D eigenvalue weighted by molar-refractivity contribution is 0.475. The molecule has 0 aliphatic rings. The number of nitrogen functional groups attached to an aromatic ring is 1. The minimum absolute atomic E-state index is 0.0615. The van der Waals surface area contributed by atoms with E-state index < -0.39 is 5.82 Å². The van der Waals surface area contributed by atoms with Gasteiger partial charge >= 0.3 is 0 Å². The molecule has 4 heteroatoms. The second-order valence-electron chi connectivity index (χ2n) is 3.24. The van der Waals surface area contributed by atoms with E-state index in [1.54, 1.807) is 6.07 Å². The van der Waals surface area contributed by atoms with E-state index in [0.717, 1.165) is 0 Å². The first-order chi connectivity index (χ1) is 7.65. The second kappa shape index (κ2) is 4.18. The van der Waals surface area contributed by atoms with Crippen molar-refractivity contribution < 1.29 is 13.5 Å². The lowest BCUT2D eigenvalue weighted by Gasteiger charge is -2.06. The molecule has 0 saturated carbocycles. The van der Waals surface area contributed by atoms with Gasteiger partial charge in [0.15, 0.2) is 0 Å². The zero-order chi connectivity index (χ0) is 11.5. The van der Waals surface area contributed by atoms with Crippen LogP contribution in [0.2, 0.25) is 0 Å². The van der Waals surface area contributed by atoms with Crippen molar-refractivity contribution >= 4 is 5.69 Å². The van der Waals surface area contributed by atoms with E-state index in [4.69, 9.17) is 10.5 Å². The number of nitrogens with two attached hydrogens (primary N) is 1. The Bertz CT molecular complexity index is 497. The van der Waals surface area contributed by atoms with Gasteiger partial charge in [-0.15, -0.1) is 0 Å². The van der Waals surface area contributed by atoms with E-state index in [1.807, 2.05) is 0 Å². The number of halogens is 2. The van der Waals surface area contributed by atoms with Gasteiger partial charge in [-0.2, -0.15) is 0 Å². The van der Waals surface area contributed by atoms with Crippen LogP contribution in [-0.4, -0.2) is 0 Å². The Kier molecular flexibility index (Phi) is 2.72. The molecule has 2 nitrogen and oxygen atoms in total. The Morgan fingerprint density at radius 2 is 1.50 bits per heavy atom. The third-order valence-corrected chi connectivity index (χ3v) is 2.02. The Morgan fingerprint density at radius 1 is 0.875 bits per heavy atom. The molecule has 0 atom stereocenters. The predicted molar refractivity (Wildman–Crippen MR) is 57.3 cm³/mol. The SMILES string of the molecule is Nc1ccc(Oc2ccc(F)cc2)cc1F. The number of hydrogen-bond donors (Lipinski definition) is 1. The number of anilines is 1. The summed E-state index contributed by atoms with van der Waals surface area (Å²) < 4.78 is 31.0. The van der Waals surface area contributed by atoms with Crippen LogP contribution in [0.1, 0.15) is 0 Å². The van der Waals surface area contributed by atoms with Crippen molar-refractivity contribution in [1.29, 1.82) is 0 Å². The molecule has 0 spiro atoms. The summed E-state index contributed by atoms with van der Waals surface area (Å²) in [6.07, 6.45) is 0. The van der Waals surface area contributed by atoms with Gasteiger partial charge in [-0.05, 0) is 36.4 Å². The highest BCUT2D eigenvalue weighted by Gasteiger charge is 2.02. The molecule has 0 heterocycles. The molecule has 2 rings (SSSR count). The van der Waals surface area contributed by atoms with E-state index in [-0.39, 0.29) is 11.5 Å². The van der Waals surface area contributed by atoms with Gasteiger partial charge in [0.25, 0.3) is 0 Å². The molecule has 2 aromatic carbocycles. The van der Waals surface area contributed by atoms with Gasteiger partial charge in [0.2, 0.25) is 0 Å². The predicted octanol–water partition coefficient (Wildman–Crippen LogP) is 3.34. The Morgan fingerprint density at radius 3 is 2.12 bits per heavy atom. The quantitative estimate of drug-likeness (QED) is 0.789. The molecular formula is C12H9F2NO. The summed E-state index contributed by atoms with van der Waals surface area (Å²) in [5.41, 5.74) is 5.38. The van der Waals surface area contributed by atoms with Gasteiger partial charge in [0.05, 0.1) is 5.69 Å². The highest BCUT2D eigenvalue weighted by atomic mass is 19.1. The Hall–Kier alpha value is -2.10. The van der Waals surface area contributed by atoms with Crippen molar-refractivity contribution in [2.45, 2.75) is 0 Å². The largest absolute Gasteiger partial charge is 0.457 e. The Labute approximate surface area is 91.3 Å². The summed E-state index contributed by atoms with van der Waals surface area (Å²) in [6.45, 7) is 0. The second-order valence-corrected chi connectivity index (χ2v) is 3.24. The summed E-state index contributed by atoms with van der Waals surface area (Å²) in [4.78, 5) is 0. The van der Waals surface area contributed by atoms with E-state index in [9.17, 15) is 8.78 Å². The normalized spacial score (nSPS) is 10.1. The summed E-state index contributed by atoms with van der Waals surface area (Å²) in [5, 5.41) is 0. The van der Waals surface area contributed by atoms with Crippen LogP contribution in [0.4, 0.5) is 14.5 Å². The molecular weight excluding hydrogens is 212 g/mol. The summed E-state index contributed by atoms with van der Waals surface area (Å²) >= 11 is 0. The number of ether oxygens (including phenoxy) is 1. The van der Waals surface area contributed by atoms with Crippen LogP contribution < -0.4 is 10.5 Å². The van der Waals surface area contributed by atoms with Gasteiger partial charge < -0.3 is 10.5 Å².